The molecule has 2 aliphatic rings. The Morgan fingerprint density at radius 1 is 0.786 bits per heavy atom. The van der Waals surface area contributed by atoms with Crippen LogP contribution in [0.1, 0.15) is 44.1 Å². The lowest BCUT2D eigenvalue weighted by molar-refractivity contribution is 0.338. The van der Waals surface area contributed by atoms with Gasteiger partial charge in [0.1, 0.15) is 5.71 Å². The predicted octanol–water partition coefficient (Wildman–Crippen LogP) is 3.10. The minimum Gasteiger partial charge on any atom is -0.348 e. The van der Waals surface area contributed by atoms with Crippen molar-refractivity contribution >= 4 is 46.6 Å². The quantitative estimate of drug-likeness (QED) is 0.447. The van der Waals surface area contributed by atoms with Gasteiger partial charge in [-0.2, -0.15) is 10.2 Å². The molecule has 1 aromatic rings. The van der Waals surface area contributed by atoms with E-state index in [0.29, 0.717) is 15.9 Å². The van der Waals surface area contributed by atoms with Crippen LogP contribution in [-0.2, 0) is 0 Å². The van der Waals surface area contributed by atoms with Gasteiger partial charge in [0.05, 0.1) is 6.21 Å². The van der Waals surface area contributed by atoms with Gasteiger partial charge >= 0.3 is 0 Å². The maximum atomic E-state index is 5.50. The number of nitrogens with zero attached hydrogens (tertiary/aromatic N) is 4. The van der Waals surface area contributed by atoms with E-state index >= 15 is 0 Å². The average molecular weight is 417 g/mol. The van der Waals surface area contributed by atoms with Gasteiger partial charge < -0.3 is 9.80 Å². The van der Waals surface area contributed by atoms with Crippen LogP contribution in [0.2, 0.25) is 0 Å². The summed E-state index contributed by atoms with van der Waals surface area (Å²) >= 11 is 11.0. The van der Waals surface area contributed by atoms with Gasteiger partial charge in [-0.15, -0.1) is 0 Å². The zero-order valence-electron chi connectivity index (χ0n) is 16.1. The van der Waals surface area contributed by atoms with Gasteiger partial charge in [0, 0.05) is 31.7 Å². The molecule has 2 N–H and O–H groups in total. The molecule has 2 heterocycles. The van der Waals surface area contributed by atoms with Crippen molar-refractivity contribution in [1.29, 1.82) is 0 Å². The van der Waals surface area contributed by atoms with Crippen molar-refractivity contribution < 1.29 is 0 Å². The molecular formula is C20H28N6S2. The smallest absolute Gasteiger partial charge is 0.189 e. The standard InChI is InChI=1S/C20H28N6S2/c27-19(25-12-6-2-7-13-25)23-21-16-18(17-10-4-1-5-11-17)22-24-20(28)26-14-8-3-9-15-26/h1,4-5,10-11,16H,2-3,6-9,12-15H2,(H,23,27)(H,24,28)/b21-16-,22-18+. The Hall–Kier alpha value is -2.06. The van der Waals surface area contributed by atoms with E-state index in [1.807, 2.05) is 30.3 Å². The molecule has 3 rings (SSSR count). The largest absolute Gasteiger partial charge is 0.348 e. The third kappa shape index (κ3) is 6.24. The van der Waals surface area contributed by atoms with Gasteiger partial charge in [-0.3, -0.25) is 10.9 Å². The van der Waals surface area contributed by atoms with Crippen molar-refractivity contribution in [2.45, 2.75) is 38.5 Å². The highest BCUT2D eigenvalue weighted by atomic mass is 32.1. The molecule has 1 aromatic carbocycles. The maximum absolute atomic E-state index is 5.50. The molecule has 28 heavy (non-hydrogen) atoms. The van der Waals surface area contributed by atoms with Crippen LogP contribution in [0.5, 0.6) is 0 Å². The summed E-state index contributed by atoms with van der Waals surface area (Å²) in [7, 11) is 0. The topological polar surface area (TPSA) is 55.3 Å². The molecular weight excluding hydrogens is 388 g/mol. The summed E-state index contributed by atoms with van der Waals surface area (Å²) in [6.07, 6.45) is 8.95. The SMILES string of the molecule is S=C(N/N=C\C(=N/NC(=S)N1CCCCC1)c1ccccc1)N1CCCCC1. The van der Waals surface area contributed by atoms with Crippen LogP contribution in [0.3, 0.4) is 0 Å². The second-order valence-electron chi connectivity index (χ2n) is 7.05. The Kier molecular flexibility index (Phi) is 8.17. The van der Waals surface area contributed by atoms with E-state index in [9.17, 15) is 0 Å². The van der Waals surface area contributed by atoms with Crippen molar-refractivity contribution in [2.24, 2.45) is 10.2 Å². The lowest BCUT2D eigenvalue weighted by Crippen LogP contribution is -2.41. The number of benzene rings is 1. The molecule has 8 heteroatoms. The van der Waals surface area contributed by atoms with E-state index in [1.54, 1.807) is 6.21 Å². The van der Waals surface area contributed by atoms with Crippen molar-refractivity contribution in [1.82, 2.24) is 20.7 Å². The van der Waals surface area contributed by atoms with Crippen molar-refractivity contribution in [3.8, 4) is 0 Å². The normalized spacial score (nSPS) is 18.2. The predicted molar refractivity (Wildman–Crippen MR) is 124 cm³/mol. The number of hydrazone groups is 2. The minimum atomic E-state index is 0.665. The molecule has 0 spiro atoms. The molecule has 0 aromatic heterocycles. The molecule has 0 atom stereocenters. The molecule has 6 nitrogen and oxygen atoms in total. The molecule has 2 aliphatic heterocycles. The molecule has 0 saturated carbocycles. The molecule has 0 unspecified atom stereocenters. The van der Waals surface area contributed by atoms with Gasteiger partial charge in [0.25, 0.3) is 0 Å². The zero-order valence-corrected chi connectivity index (χ0v) is 17.8. The number of piperidine rings is 2. The average Bonchev–Trinajstić information content (AvgIpc) is 2.77. The highest BCUT2D eigenvalue weighted by Crippen LogP contribution is 2.09. The van der Waals surface area contributed by atoms with Crippen LogP contribution < -0.4 is 10.9 Å². The van der Waals surface area contributed by atoms with Crippen LogP contribution in [0.25, 0.3) is 0 Å². The molecule has 2 saturated heterocycles. The number of nitrogens with one attached hydrogen (secondary N) is 2. The van der Waals surface area contributed by atoms with E-state index < -0.39 is 0 Å². The third-order valence-corrected chi connectivity index (χ3v) is 5.67. The monoisotopic (exact) mass is 416 g/mol. The molecule has 0 amide bonds. The van der Waals surface area contributed by atoms with Crippen LogP contribution in [-0.4, -0.2) is 58.1 Å². The maximum Gasteiger partial charge on any atom is 0.189 e. The Bertz CT molecular complexity index is 707. The van der Waals surface area contributed by atoms with E-state index in [-0.39, 0.29) is 0 Å². The number of hydrogen-bond acceptors (Lipinski definition) is 4. The zero-order chi connectivity index (χ0) is 19.6. The van der Waals surface area contributed by atoms with Gasteiger partial charge in [-0.25, -0.2) is 0 Å². The fourth-order valence-corrected chi connectivity index (χ4v) is 3.83. The molecule has 0 radical (unpaired) electrons. The van der Waals surface area contributed by atoms with Crippen molar-refractivity contribution in [2.75, 3.05) is 26.2 Å². The first-order chi connectivity index (χ1) is 13.7. The summed E-state index contributed by atoms with van der Waals surface area (Å²) in [5.41, 5.74) is 7.68. The lowest BCUT2D eigenvalue weighted by atomic mass is 10.1. The Morgan fingerprint density at radius 3 is 1.89 bits per heavy atom. The Labute approximate surface area is 178 Å². The fraction of sp³-hybridized carbons (Fsp3) is 0.500. The first-order valence-electron chi connectivity index (χ1n) is 10.00. The molecule has 0 bridgehead atoms. The van der Waals surface area contributed by atoms with E-state index in [4.69, 9.17) is 24.4 Å². The second kappa shape index (κ2) is 11.1. The summed E-state index contributed by atoms with van der Waals surface area (Å²) in [4.78, 5) is 4.34. The molecule has 2 fully saturated rings. The molecule has 150 valence electrons. The Balaban J connectivity index is 1.63. The summed E-state index contributed by atoms with van der Waals surface area (Å²) in [5, 5.41) is 10.2. The first kappa shape index (κ1) is 20.7. The van der Waals surface area contributed by atoms with Gasteiger partial charge in [-0.05, 0) is 63.0 Å². The summed E-state index contributed by atoms with van der Waals surface area (Å²) in [6.45, 7) is 3.96. The van der Waals surface area contributed by atoms with Crippen molar-refractivity contribution in [3.05, 3.63) is 35.9 Å². The first-order valence-corrected chi connectivity index (χ1v) is 10.8. The second-order valence-corrected chi connectivity index (χ2v) is 7.82. The number of thiocarbonyl (C=S) groups is 2. The number of rotatable bonds is 4. The van der Waals surface area contributed by atoms with E-state index in [1.165, 1.54) is 38.5 Å². The fourth-order valence-electron chi connectivity index (χ4n) is 3.37. The van der Waals surface area contributed by atoms with Crippen LogP contribution in [0.15, 0.2) is 40.5 Å². The van der Waals surface area contributed by atoms with Gasteiger partial charge in [0.15, 0.2) is 10.2 Å². The van der Waals surface area contributed by atoms with Gasteiger partial charge in [-0.1, -0.05) is 30.3 Å². The summed E-state index contributed by atoms with van der Waals surface area (Å²) < 4.78 is 0. The van der Waals surface area contributed by atoms with Crippen LogP contribution in [0.4, 0.5) is 0 Å². The minimum absolute atomic E-state index is 0.665. The summed E-state index contributed by atoms with van der Waals surface area (Å²) in [6, 6.07) is 9.94. The highest BCUT2D eigenvalue weighted by Gasteiger charge is 2.14. The van der Waals surface area contributed by atoms with Gasteiger partial charge in [0.2, 0.25) is 0 Å². The van der Waals surface area contributed by atoms with Crippen LogP contribution >= 0.6 is 24.4 Å². The Morgan fingerprint density at radius 2 is 1.32 bits per heavy atom. The third-order valence-electron chi connectivity index (χ3n) is 4.98. The lowest BCUT2D eigenvalue weighted by Gasteiger charge is -2.28. The number of hydrogen-bond donors (Lipinski definition) is 2. The van der Waals surface area contributed by atoms with E-state index in [0.717, 1.165) is 31.7 Å². The highest BCUT2D eigenvalue weighted by molar-refractivity contribution is 7.80. The van der Waals surface area contributed by atoms with Crippen LogP contribution in [0, 0.1) is 0 Å². The van der Waals surface area contributed by atoms with E-state index in [2.05, 4.69) is 30.9 Å². The number of likely N-dealkylation sites (tertiary alicyclic amines) is 2. The van der Waals surface area contributed by atoms with Crippen molar-refractivity contribution in [3.63, 3.8) is 0 Å². The summed E-state index contributed by atoms with van der Waals surface area (Å²) in [5.74, 6) is 0. The molecule has 0 aliphatic carbocycles.